The van der Waals surface area contributed by atoms with Gasteiger partial charge in [0.15, 0.2) is 0 Å². The van der Waals surface area contributed by atoms with E-state index in [9.17, 15) is 15.0 Å². The Labute approximate surface area is 138 Å². The molecule has 0 aliphatic carbocycles. The number of carboxylic acid groups (broad SMARTS) is 1. The van der Waals surface area contributed by atoms with E-state index in [4.69, 9.17) is 23.2 Å². The summed E-state index contributed by atoms with van der Waals surface area (Å²) < 4.78 is 0. The lowest BCUT2D eigenvalue weighted by molar-refractivity contribution is 0.166. The van der Waals surface area contributed by atoms with E-state index in [1.807, 2.05) is 18.2 Å². The van der Waals surface area contributed by atoms with Crippen molar-refractivity contribution in [1.29, 1.82) is 0 Å². The van der Waals surface area contributed by atoms with Gasteiger partial charge in [0.25, 0.3) is 0 Å². The molecule has 0 saturated carbocycles. The molecule has 1 atom stereocenters. The standard InChI is InChI=1S/C16H15Cl2NO3/c17-13-7-6-12(10-14(13)18)19(16(21)22)9-8-15(20)11-4-2-1-3-5-11/h1-7,10,15,20H,8-9H2,(H,21,22)/t15-/m0/s1. The van der Waals surface area contributed by atoms with Crippen molar-refractivity contribution in [3.05, 3.63) is 64.1 Å². The zero-order valence-electron chi connectivity index (χ0n) is 11.6. The Morgan fingerprint density at radius 1 is 1.09 bits per heavy atom. The van der Waals surface area contributed by atoms with E-state index in [1.54, 1.807) is 24.3 Å². The number of hydrogen-bond acceptors (Lipinski definition) is 2. The summed E-state index contributed by atoms with van der Waals surface area (Å²) in [4.78, 5) is 12.5. The number of hydrogen-bond donors (Lipinski definition) is 2. The van der Waals surface area contributed by atoms with Gasteiger partial charge in [0.2, 0.25) is 0 Å². The van der Waals surface area contributed by atoms with Crippen LogP contribution < -0.4 is 4.90 Å². The van der Waals surface area contributed by atoms with Crippen LogP contribution in [0.3, 0.4) is 0 Å². The van der Waals surface area contributed by atoms with E-state index in [-0.39, 0.29) is 18.0 Å². The largest absolute Gasteiger partial charge is 0.465 e. The molecule has 1 amide bonds. The third kappa shape index (κ3) is 4.13. The summed E-state index contributed by atoms with van der Waals surface area (Å²) in [6.45, 7) is 0.142. The first-order valence-corrected chi connectivity index (χ1v) is 7.43. The first-order chi connectivity index (χ1) is 10.5. The minimum Gasteiger partial charge on any atom is -0.465 e. The smallest absolute Gasteiger partial charge is 0.411 e. The molecular formula is C16H15Cl2NO3. The zero-order chi connectivity index (χ0) is 16.1. The van der Waals surface area contributed by atoms with Crippen molar-refractivity contribution in [2.45, 2.75) is 12.5 Å². The van der Waals surface area contributed by atoms with Gasteiger partial charge < -0.3 is 10.2 Å². The highest BCUT2D eigenvalue weighted by Gasteiger charge is 2.17. The number of anilines is 1. The molecule has 2 aromatic rings. The molecule has 6 heteroatoms. The molecule has 0 aliphatic rings. The molecule has 2 rings (SSSR count). The van der Waals surface area contributed by atoms with E-state index in [0.29, 0.717) is 10.7 Å². The van der Waals surface area contributed by atoms with Crippen LogP contribution in [-0.4, -0.2) is 22.9 Å². The lowest BCUT2D eigenvalue weighted by Gasteiger charge is -2.21. The Morgan fingerprint density at radius 2 is 1.77 bits per heavy atom. The highest BCUT2D eigenvalue weighted by molar-refractivity contribution is 6.42. The average molecular weight is 340 g/mol. The van der Waals surface area contributed by atoms with Crippen LogP contribution in [0.4, 0.5) is 10.5 Å². The van der Waals surface area contributed by atoms with E-state index >= 15 is 0 Å². The first kappa shape index (κ1) is 16.6. The Kier molecular flexibility index (Phi) is 5.66. The normalized spacial score (nSPS) is 12.0. The molecule has 116 valence electrons. The molecule has 0 saturated heterocycles. The summed E-state index contributed by atoms with van der Waals surface area (Å²) in [5.41, 5.74) is 1.17. The molecule has 2 N–H and O–H groups in total. The maximum absolute atomic E-state index is 11.4. The number of nitrogens with zero attached hydrogens (tertiary/aromatic N) is 1. The maximum Gasteiger partial charge on any atom is 0.411 e. The fourth-order valence-corrected chi connectivity index (χ4v) is 2.37. The molecule has 4 nitrogen and oxygen atoms in total. The first-order valence-electron chi connectivity index (χ1n) is 6.67. The molecule has 0 unspecified atom stereocenters. The number of amides is 1. The number of benzene rings is 2. The van der Waals surface area contributed by atoms with Crippen LogP contribution in [0, 0.1) is 0 Å². The minimum absolute atomic E-state index is 0.142. The molecule has 22 heavy (non-hydrogen) atoms. The fraction of sp³-hybridized carbons (Fsp3) is 0.188. The van der Waals surface area contributed by atoms with Crippen molar-refractivity contribution in [3.8, 4) is 0 Å². The predicted octanol–water partition coefficient (Wildman–Crippen LogP) is 4.60. The number of halogens is 2. The van der Waals surface area contributed by atoms with Gasteiger partial charge in [-0.3, -0.25) is 4.90 Å². The second-order valence-corrected chi connectivity index (χ2v) is 5.56. The highest BCUT2D eigenvalue weighted by atomic mass is 35.5. The van der Waals surface area contributed by atoms with Gasteiger partial charge in [-0.25, -0.2) is 4.79 Å². The maximum atomic E-state index is 11.4. The molecule has 0 bridgehead atoms. The number of aliphatic hydroxyl groups is 1. The van der Waals surface area contributed by atoms with Gasteiger partial charge in [-0.05, 0) is 30.2 Å². The van der Waals surface area contributed by atoms with Gasteiger partial charge in [-0.1, -0.05) is 53.5 Å². The molecule has 0 heterocycles. The second-order valence-electron chi connectivity index (χ2n) is 4.75. The minimum atomic E-state index is -1.11. The van der Waals surface area contributed by atoms with E-state index in [2.05, 4.69) is 0 Å². The number of rotatable bonds is 5. The Balaban J connectivity index is 2.09. The van der Waals surface area contributed by atoms with E-state index in [0.717, 1.165) is 10.5 Å². The zero-order valence-corrected chi connectivity index (χ0v) is 13.1. The van der Waals surface area contributed by atoms with Gasteiger partial charge in [-0.15, -0.1) is 0 Å². The summed E-state index contributed by atoms with van der Waals surface area (Å²) in [5, 5.41) is 20.1. The van der Waals surface area contributed by atoms with Crippen molar-refractivity contribution in [3.63, 3.8) is 0 Å². The van der Waals surface area contributed by atoms with Crippen LogP contribution in [0.1, 0.15) is 18.1 Å². The Bertz CT molecular complexity index is 649. The van der Waals surface area contributed by atoms with E-state index in [1.165, 1.54) is 6.07 Å². The molecule has 0 aromatic heterocycles. The van der Waals surface area contributed by atoms with Crippen molar-refractivity contribution in [2.75, 3.05) is 11.4 Å². The van der Waals surface area contributed by atoms with Gasteiger partial charge in [0, 0.05) is 12.2 Å². The topological polar surface area (TPSA) is 60.8 Å². The van der Waals surface area contributed by atoms with Crippen LogP contribution in [0.2, 0.25) is 10.0 Å². The SMILES string of the molecule is O=C(O)N(CC[C@H](O)c1ccccc1)c1ccc(Cl)c(Cl)c1. The summed E-state index contributed by atoms with van der Waals surface area (Å²) >= 11 is 11.8. The summed E-state index contributed by atoms with van der Waals surface area (Å²) in [5.74, 6) is 0. The van der Waals surface area contributed by atoms with Crippen LogP contribution in [0.15, 0.2) is 48.5 Å². The van der Waals surface area contributed by atoms with Crippen molar-refractivity contribution in [1.82, 2.24) is 0 Å². The molecule has 0 radical (unpaired) electrons. The number of carbonyl (C=O) groups is 1. The van der Waals surface area contributed by atoms with Crippen molar-refractivity contribution < 1.29 is 15.0 Å². The van der Waals surface area contributed by atoms with Gasteiger partial charge >= 0.3 is 6.09 Å². The molecule has 0 spiro atoms. The lowest BCUT2D eigenvalue weighted by Crippen LogP contribution is -2.31. The van der Waals surface area contributed by atoms with E-state index < -0.39 is 12.2 Å². The Morgan fingerprint density at radius 3 is 2.36 bits per heavy atom. The third-order valence-corrected chi connectivity index (χ3v) is 4.00. The monoisotopic (exact) mass is 339 g/mol. The van der Waals surface area contributed by atoms with Crippen LogP contribution in [-0.2, 0) is 0 Å². The Hall–Kier alpha value is -1.75. The molecule has 0 aliphatic heterocycles. The summed E-state index contributed by atoms with van der Waals surface area (Å²) in [7, 11) is 0. The van der Waals surface area contributed by atoms with Crippen molar-refractivity contribution >= 4 is 35.0 Å². The van der Waals surface area contributed by atoms with Crippen LogP contribution >= 0.6 is 23.2 Å². The molecule has 0 fully saturated rings. The molecular weight excluding hydrogens is 325 g/mol. The van der Waals surface area contributed by atoms with Crippen molar-refractivity contribution in [2.24, 2.45) is 0 Å². The quantitative estimate of drug-likeness (QED) is 0.836. The van der Waals surface area contributed by atoms with Crippen LogP contribution in [0.5, 0.6) is 0 Å². The average Bonchev–Trinajstić information content (AvgIpc) is 2.51. The summed E-state index contributed by atoms with van der Waals surface area (Å²) in [6, 6.07) is 13.7. The van der Waals surface area contributed by atoms with Crippen LogP contribution in [0.25, 0.3) is 0 Å². The third-order valence-electron chi connectivity index (χ3n) is 3.26. The lowest BCUT2D eigenvalue weighted by atomic mass is 10.1. The molecule has 2 aromatic carbocycles. The van der Waals surface area contributed by atoms with Gasteiger partial charge in [-0.2, -0.15) is 0 Å². The summed E-state index contributed by atoms with van der Waals surface area (Å²) in [6.07, 6.45) is -1.57. The second kappa shape index (κ2) is 7.49. The number of aliphatic hydroxyl groups excluding tert-OH is 1. The predicted molar refractivity (Wildman–Crippen MR) is 87.9 cm³/mol. The van der Waals surface area contributed by atoms with Gasteiger partial charge in [0.05, 0.1) is 16.1 Å². The highest BCUT2D eigenvalue weighted by Crippen LogP contribution is 2.28. The fourth-order valence-electron chi connectivity index (χ4n) is 2.08. The van der Waals surface area contributed by atoms with Gasteiger partial charge in [0.1, 0.15) is 0 Å².